The molecule has 2 fully saturated rings. The lowest BCUT2D eigenvalue weighted by Crippen LogP contribution is -2.42. The van der Waals surface area contributed by atoms with Crippen LogP contribution < -0.4 is 0 Å². The molecular weight excluding hydrogens is 228 g/mol. The fourth-order valence-electron chi connectivity index (χ4n) is 2.94. The summed E-state index contributed by atoms with van der Waals surface area (Å²) in [5.74, 6) is 0.698. The molecule has 2 rings (SSSR count). The second-order valence-electron chi connectivity index (χ2n) is 5.35. The van der Waals surface area contributed by atoms with Gasteiger partial charge in [0, 0.05) is 32.2 Å². The van der Waals surface area contributed by atoms with E-state index in [1.54, 1.807) is 0 Å². The van der Waals surface area contributed by atoms with Crippen molar-refractivity contribution in [3.63, 3.8) is 0 Å². The molecule has 0 aromatic heterocycles. The molecule has 4 nitrogen and oxygen atoms in total. The van der Waals surface area contributed by atoms with Crippen LogP contribution in [0.5, 0.6) is 0 Å². The van der Waals surface area contributed by atoms with Crippen molar-refractivity contribution in [2.75, 3.05) is 45.9 Å². The summed E-state index contributed by atoms with van der Waals surface area (Å²) in [7, 11) is 0. The van der Waals surface area contributed by atoms with Gasteiger partial charge in [0.1, 0.15) is 0 Å². The molecule has 0 bridgehead atoms. The van der Waals surface area contributed by atoms with Gasteiger partial charge in [-0.3, -0.25) is 4.79 Å². The Balaban J connectivity index is 1.67. The molecule has 2 aliphatic heterocycles. The third-order valence-electron chi connectivity index (χ3n) is 4.11. The molecule has 0 spiro atoms. The Bertz CT molecular complexity index is 257. The lowest BCUT2D eigenvalue weighted by atomic mass is 9.95. The molecule has 2 aliphatic rings. The van der Waals surface area contributed by atoms with Crippen LogP contribution in [0.25, 0.3) is 0 Å². The summed E-state index contributed by atoms with van der Waals surface area (Å²) in [6.07, 6.45) is 4.45. The molecule has 0 N–H and O–H groups in total. The van der Waals surface area contributed by atoms with Crippen molar-refractivity contribution in [2.45, 2.75) is 32.6 Å². The van der Waals surface area contributed by atoms with Gasteiger partial charge in [-0.15, -0.1) is 0 Å². The van der Waals surface area contributed by atoms with Crippen molar-refractivity contribution in [3.8, 4) is 0 Å². The molecule has 0 aromatic rings. The molecule has 2 saturated heterocycles. The second-order valence-corrected chi connectivity index (χ2v) is 5.35. The number of likely N-dealkylation sites (tertiary alicyclic amines) is 2. The zero-order chi connectivity index (χ0) is 12.8. The highest BCUT2D eigenvalue weighted by Gasteiger charge is 2.29. The van der Waals surface area contributed by atoms with Crippen molar-refractivity contribution >= 4 is 5.91 Å². The van der Waals surface area contributed by atoms with E-state index in [0.29, 0.717) is 5.91 Å². The van der Waals surface area contributed by atoms with Gasteiger partial charge in [-0.05, 0) is 45.7 Å². The first-order valence-electron chi connectivity index (χ1n) is 7.40. The van der Waals surface area contributed by atoms with Crippen LogP contribution in [0.4, 0.5) is 0 Å². The second kappa shape index (κ2) is 7.10. The highest BCUT2D eigenvalue weighted by atomic mass is 16.5. The highest BCUT2D eigenvalue weighted by Crippen LogP contribution is 2.21. The number of carbonyl (C=O) groups excluding carboxylic acids is 1. The van der Waals surface area contributed by atoms with Crippen LogP contribution >= 0.6 is 0 Å². The van der Waals surface area contributed by atoms with E-state index in [9.17, 15) is 4.79 Å². The number of ether oxygens (including phenoxy) is 1. The molecule has 1 amide bonds. The lowest BCUT2D eigenvalue weighted by molar-refractivity contribution is -0.136. The first-order valence-corrected chi connectivity index (χ1v) is 7.40. The first kappa shape index (κ1) is 13.8. The van der Waals surface area contributed by atoms with E-state index in [0.717, 1.165) is 58.8 Å². The number of piperidine rings is 1. The fourth-order valence-corrected chi connectivity index (χ4v) is 2.94. The van der Waals surface area contributed by atoms with E-state index in [2.05, 4.69) is 9.80 Å². The molecule has 0 aromatic carbocycles. The molecule has 104 valence electrons. The minimum absolute atomic E-state index is 0.284. The number of nitrogens with zero attached hydrogens (tertiary/aromatic N) is 2. The van der Waals surface area contributed by atoms with Crippen molar-refractivity contribution < 1.29 is 9.53 Å². The van der Waals surface area contributed by atoms with Crippen LogP contribution in [-0.4, -0.2) is 61.6 Å². The number of carbonyl (C=O) groups is 1. The van der Waals surface area contributed by atoms with Crippen LogP contribution in [0.1, 0.15) is 32.6 Å². The van der Waals surface area contributed by atoms with Gasteiger partial charge in [0.2, 0.25) is 5.91 Å². The van der Waals surface area contributed by atoms with E-state index in [1.807, 2.05) is 6.92 Å². The molecule has 0 unspecified atom stereocenters. The van der Waals surface area contributed by atoms with E-state index in [4.69, 9.17) is 4.74 Å². The maximum atomic E-state index is 12.3. The quantitative estimate of drug-likeness (QED) is 0.694. The summed E-state index contributed by atoms with van der Waals surface area (Å²) in [6, 6.07) is 0. The number of hydrogen-bond acceptors (Lipinski definition) is 3. The van der Waals surface area contributed by atoms with E-state index in [-0.39, 0.29) is 5.92 Å². The van der Waals surface area contributed by atoms with Crippen molar-refractivity contribution in [1.29, 1.82) is 0 Å². The van der Waals surface area contributed by atoms with Crippen LogP contribution in [0.2, 0.25) is 0 Å². The van der Waals surface area contributed by atoms with Gasteiger partial charge in [-0.1, -0.05) is 0 Å². The Morgan fingerprint density at radius 1 is 1.17 bits per heavy atom. The molecule has 4 heteroatoms. The summed E-state index contributed by atoms with van der Waals surface area (Å²) in [6.45, 7) is 8.74. The Morgan fingerprint density at radius 3 is 2.44 bits per heavy atom. The SMILES string of the molecule is CCOCCN1CCC(C(=O)N2CCCC2)CC1. The van der Waals surface area contributed by atoms with E-state index in [1.165, 1.54) is 12.8 Å². The Hall–Kier alpha value is -0.610. The van der Waals surface area contributed by atoms with Crippen LogP contribution in [0.3, 0.4) is 0 Å². The average molecular weight is 254 g/mol. The van der Waals surface area contributed by atoms with Crippen LogP contribution in [0, 0.1) is 5.92 Å². The maximum Gasteiger partial charge on any atom is 0.225 e. The molecular formula is C14H26N2O2. The Morgan fingerprint density at radius 2 is 1.83 bits per heavy atom. The topological polar surface area (TPSA) is 32.8 Å². The van der Waals surface area contributed by atoms with E-state index >= 15 is 0 Å². The summed E-state index contributed by atoms with van der Waals surface area (Å²) in [4.78, 5) is 16.7. The summed E-state index contributed by atoms with van der Waals surface area (Å²) in [5.41, 5.74) is 0. The highest BCUT2D eigenvalue weighted by molar-refractivity contribution is 5.79. The fraction of sp³-hybridized carbons (Fsp3) is 0.929. The minimum atomic E-state index is 0.284. The molecule has 0 atom stereocenters. The number of hydrogen-bond donors (Lipinski definition) is 0. The molecule has 18 heavy (non-hydrogen) atoms. The third kappa shape index (κ3) is 3.69. The standard InChI is InChI=1S/C14H26N2O2/c1-2-18-12-11-15-9-5-13(6-10-15)14(17)16-7-3-4-8-16/h13H,2-12H2,1H3. The largest absolute Gasteiger partial charge is 0.380 e. The van der Waals surface area contributed by atoms with Crippen molar-refractivity contribution in [1.82, 2.24) is 9.80 Å². The van der Waals surface area contributed by atoms with Gasteiger partial charge in [-0.2, -0.15) is 0 Å². The average Bonchev–Trinajstić information content (AvgIpc) is 2.93. The monoisotopic (exact) mass is 254 g/mol. The normalized spacial score (nSPS) is 22.6. The van der Waals surface area contributed by atoms with Gasteiger partial charge in [0.25, 0.3) is 0 Å². The Labute approximate surface area is 110 Å². The minimum Gasteiger partial charge on any atom is -0.380 e. The third-order valence-corrected chi connectivity index (χ3v) is 4.11. The van der Waals surface area contributed by atoms with Gasteiger partial charge in [-0.25, -0.2) is 0 Å². The maximum absolute atomic E-state index is 12.3. The molecule has 0 radical (unpaired) electrons. The van der Waals surface area contributed by atoms with Crippen LogP contribution in [-0.2, 0) is 9.53 Å². The Kier molecular flexibility index (Phi) is 5.45. The van der Waals surface area contributed by atoms with Gasteiger partial charge in [0.15, 0.2) is 0 Å². The van der Waals surface area contributed by atoms with Gasteiger partial charge in [0.05, 0.1) is 6.61 Å². The number of rotatable bonds is 5. The van der Waals surface area contributed by atoms with Crippen molar-refractivity contribution in [3.05, 3.63) is 0 Å². The zero-order valence-corrected chi connectivity index (χ0v) is 11.6. The zero-order valence-electron chi connectivity index (χ0n) is 11.6. The van der Waals surface area contributed by atoms with Gasteiger partial charge < -0.3 is 14.5 Å². The van der Waals surface area contributed by atoms with Gasteiger partial charge >= 0.3 is 0 Å². The van der Waals surface area contributed by atoms with E-state index < -0.39 is 0 Å². The molecule has 0 saturated carbocycles. The predicted molar refractivity (Wildman–Crippen MR) is 71.5 cm³/mol. The number of amides is 1. The van der Waals surface area contributed by atoms with Crippen LogP contribution in [0.15, 0.2) is 0 Å². The van der Waals surface area contributed by atoms with Crippen molar-refractivity contribution in [2.24, 2.45) is 5.92 Å². The summed E-state index contributed by atoms with van der Waals surface area (Å²) in [5, 5.41) is 0. The lowest BCUT2D eigenvalue weighted by Gasteiger charge is -2.32. The first-order chi connectivity index (χ1) is 8.81. The smallest absolute Gasteiger partial charge is 0.225 e. The molecule has 0 aliphatic carbocycles. The summed E-state index contributed by atoms with van der Waals surface area (Å²) >= 11 is 0. The molecule has 2 heterocycles. The summed E-state index contributed by atoms with van der Waals surface area (Å²) < 4.78 is 5.37. The predicted octanol–water partition coefficient (Wildman–Crippen LogP) is 1.36.